The molecule has 0 radical (unpaired) electrons. The van der Waals surface area contributed by atoms with Crippen LogP contribution in [0.3, 0.4) is 0 Å². The van der Waals surface area contributed by atoms with Gasteiger partial charge < -0.3 is 4.74 Å². The summed E-state index contributed by atoms with van der Waals surface area (Å²) in [6.45, 7) is 0. The van der Waals surface area contributed by atoms with Crippen LogP contribution in [0, 0.1) is 11.8 Å². The largest absolute Gasteiger partial charge is 0.365 e. The highest BCUT2D eigenvalue weighted by molar-refractivity contribution is 6.07. The van der Waals surface area contributed by atoms with E-state index >= 15 is 0 Å². The molecule has 0 unspecified atom stereocenters. The highest BCUT2D eigenvalue weighted by Gasteiger charge is 2.61. The third-order valence-electron chi connectivity index (χ3n) is 4.63. The first-order valence-electron chi connectivity index (χ1n) is 7.70. The fourth-order valence-corrected chi connectivity index (χ4v) is 3.50. The van der Waals surface area contributed by atoms with E-state index < -0.39 is 11.8 Å². The van der Waals surface area contributed by atoms with Gasteiger partial charge in [0.25, 0.3) is 11.8 Å². The van der Waals surface area contributed by atoms with Gasteiger partial charge in [0.1, 0.15) is 0 Å². The first-order valence-corrected chi connectivity index (χ1v) is 7.70. The molecule has 2 fully saturated rings. The second-order valence-corrected chi connectivity index (χ2v) is 6.03. The van der Waals surface area contributed by atoms with Crippen LogP contribution >= 0.6 is 0 Å². The molecule has 23 heavy (non-hydrogen) atoms. The average molecular weight is 312 g/mol. The zero-order chi connectivity index (χ0) is 16.0. The number of ether oxygens (including phenoxy) is 1. The van der Waals surface area contributed by atoms with Crippen molar-refractivity contribution in [1.29, 1.82) is 0 Å². The third-order valence-corrected chi connectivity index (χ3v) is 4.63. The number of hydrogen-bond acceptors (Lipinski definition) is 4. The van der Waals surface area contributed by atoms with Crippen LogP contribution in [0.2, 0.25) is 0 Å². The lowest BCUT2D eigenvalue weighted by Gasteiger charge is -2.18. The van der Waals surface area contributed by atoms with Crippen LogP contribution in [0.25, 0.3) is 0 Å². The Hall–Kier alpha value is -2.47. The summed E-state index contributed by atoms with van der Waals surface area (Å²) >= 11 is 0. The highest BCUT2D eigenvalue weighted by Crippen LogP contribution is 2.44. The fraction of sp³-hybridized carbons (Fsp3) is 0.353. The topological polar surface area (TPSA) is 75.7 Å². The number of nitrogens with zero attached hydrogens (tertiary/aromatic N) is 1. The maximum absolute atomic E-state index is 12.4. The first-order chi connectivity index (χ1) is 11.1. The molecule has 2 saturated heterocycles. The summed E-state index contributed by atoms with van der Waals surface area (Å²) in [7, 11) is 0. The molecule has 6 heteroatoms. The lowest BCUT2D eigenvalue weighted by atomic mass is 9.85. The number of hydrazine groups is 1. The van der Waals surface area contributed by atoms with Crippen LogP contribution in [0.4, 0.5) is 0 Å². The van der Waals surface area contributed by atoms with Gasteiger partial charge in [-0.1, -0.05) is 42.5 Å². The van der Waals surface area contributed by atoms with Crippen molar-refractivity contribution in [2.75, 3.05) is 0 Å². The molecule has 0 saturated carbocycles. The van der Waals surface area contributed by atoms with Crippen molar-refractivity contribution in [3.63, 3.8) is 0 Å². The minimum atomic E-state index is -0.494. The average Bonchev–Trinajstić information content (AvgIpc) is 3.24. The molecule has 3 aliphatic heterocycles. The van der Waals surface area contributed by atoms with Gasteiger partial charge in [0.2, 0.25) is 5.91 Å². The monoisotopic (exact) mass is 312 g/mol. The normalized spacial score (nSPS) is 30.9. The number of carbonyl (C=O) groups is 3. The van der Waals surface area contributed by atoms with Crippen molar-refractivity contribution in [3.8, 4) is 0 Å². The van der Waals surface area contributed by atoms with E-state index in [0.717, 1.165) is 10.6 Å². The van der Waals surface area contributed by atoms with E-state index in [2.05, 4.69) is 5.43 Å². The lowest BCUT2D eigenvalue weighted by Crippen LogP contribution is -2.48. The molecule has 3 aliphatic rings. The quantitative estimate of drug-likeness (QED) is 0.652. The van der Waals surface area contributed by atoms with Gasteiger partial charge >= 0.3 is 0 Å². The zero-order valence-electron chi connectivity index (χ0n) is 12.3. The van der Waals surface area contributed by atoms with Crippen LogP contribution in [-0.4, -0.2) is 34.9 Å². The molecule has 3 heterocycles. The number of aryl methyl sites for hydroxylation is 1. The number of imide groups is 1. The number of amides is 3. The molecule has 0 aliphatic carbocycles. The molecule has 6 nitrogen and oxygen atoms in total. The number of rotatable bonds is 4. The van der Waals surface area contributed by atoms with E-state index in [4.69, 9.17) is 4.74 Å². The van der Waals surface area contributed by atoms with Gasteiger partial charge in [0.15, 0.2) is 0 Å². The molecular formula is C17H16N2O4. The summed E-state index contributed by atoms with van der Waals surface area (Å²) in [6.07, 6.45) is 3.74. The summed E-state index contributed by atoms with van der Waals surface area (Å²) in [4.78, 5) is 36.8. The minimum absolute atomic E-state index is 0.220. The van der Waals surface area contributed by atoms with Gasteiger partial charge in [0.05, 0.1) is 24.0 Å². The molecular weight excluding hydrogens is 296 g/mol. The van der Waals surface area contributed by atoms with Gasteiger partial charge in [-0.05, 0) is 12.0 Å². The molecule has 118 valence electrons. The molecule has 0 spiro atoms. The molecule has 1 N–H and O–H groups in total. The van der Waals surface area contributed by atoms with Crippen molar-refractivity contribution >= 4 is 17.7 Å². The van der Waals surface area contributed by atoms with E-state index in [0.29, 0.717) is 6.42 Å². The predicted octanol–water partition coefficient (Wildman–Crippen LogP) is 0.589. The van der Waals surface area contributed by atoms with Gasteiger partial charge in [0, 0.05) is 6.42 Å². The first kappa shape index (κ1) is 14.1. The van der Waals surface area contributed by atoms with E-state index in [1.165, 1.54) is 0 Å². The maximum Gasteiger partial charge on any atom is 0.255 e. The molecule has 2 bridgehead atoms. The summed E-state index contributed by atoms with van der Waals surface area (Å²) in [6, 6.07) is 9.60. The number of nitrogens with one attached hydrogen (secondary N) is 1. The van der Waals surface area contributed by atoms with Crippen LogP contribution in [0.5, 0.6) is 0 Å². The Morgan fingerprint density at radius 3 is 2.26 bits per heavy atom. The van der Waals surface area contributed by atoms with Crippen molar-refractivity contribution in [3.05, 3.63) is 48.0 Å². The Labute approximate surface area is 133 Å². The molecule has 4 atom stereocenters. The smallest absolute Gasteiger partial charge is 0.255 e. The number of fused-ring (bicyclic) bond motifs is 5. The van der Waals surface area contributed by atoms with Crippen molar-refractivity contribution in [2.45, 2.75) is 25.0 Å². The molecule has 0 aromatic heterocycles. The fourth-order valence-electron chi connectivity index (χ4n) is 3.50. The summed E-state index contributed by atoms with van der Waals surface area (Å²) < 4.78 is 5.55. The number of benzene rings is 1. The zero-order valence-corrected chi connectivity index (χ0v) is 12.3. The molecule has 4 rings (SSSR count). The van der Waals surface area contributed by atoms with Gasteiger partial charge in [-0.3, -0.25) is 19.8 Å². The van der Waals surface area contributed by atoms with Gasteiger partial charge in [-0.2, -0.15) is 5.01 Å². The summed E-state index contributed by atoms with van der Waals surface area (Å²) in [5.41, 5.74) is 3.49. The summed E-state index contributed by atoms with van der Waals surface area (Å²) in [5.74, 6) is -2.06. The van der Waals surface area contributed by atoms with Crippen LogP contribution in [0.15, 0.2) is 42.5 Å². The van der Waals surface area contributed by atoms with E-state index in [-0.39, 0.29) is 36.4 Å². The van der Waals surface area contributed by atoms with E-state index in [1.54, 1.807) is 0 Å². The second kappa shape index (κ2) is 5.31. The number of carbonyl (C=O) groups excluding carboxylic acids is 3. The van der Waals surface area contributed by atoms with Crippen molar-refractivity contribution in [1.82, 2.24) is 10.4 Å². The minimum Gasteiger partial charge on any atom is -0.365 e. The number of hydrogen-bond donors (Lipinski definition) is 1. The van der Waals surface area contributed by atoms with Gasteiger partial charge in [-0.25, -0.2) is 0 Å². The third kappa shape index (κ3) is 2.26. The second-order valence-electron chi connectivity index (χ2n) is 6.03. The SMILES string of the molecule is O=C(CCc1ccccc1)NN1C(=O)[C@@H]2[C@H](C1=O)[C@@H]1C=C[C@H]2O1. The Morgan fingerprint density at radius 2 is 1.65 bits per heavy atom. The van der Waals surface area contributed by atoms with Crippen molar-refractivity contribution in [2.24, 2.45) is 11.8 Å². The Balaban J connectivity index is 1.39. The maximum atomic E-state index is 12.4. The van der Waals surface area contributed by atoms with Crippen LogP contribution in [-0.2, 0) is 25.5 Å². The predicted molar refractivity (Wildman–Crippen MR) is 79.5 cm³/mol. The molecule has 3 amide bonds. The Kier molecular flexibility index (Phi) is 3.27. The van der Waals surface area contributed by atoms with E-state index in [1.807, 2.05) is 42.5 Å². The highest BCUT2D eigenvalue weighted by atomic mass is 16.5. The van der Waals surface area contributed by atoms with Crippen LogP contribution in [0.1, 0.15) is 12.0 Å². The Morgan fingerprint density at radius 1 is 1.04 bits per heavy atom. The molecule has 1 aromatic carbocycles. The van der Waals surface area contributed by atoms with E-state index in [9.17, 15) is 14.4 Å². The molecule has 1 aromatic rings. The Bertz CT molecular complexity index is 670. The van der Waals surface area contributed by atoms with Crippen LogP contribution < -0.4 is 5.43 Å². The lowest BCUT2D eigenvalue weighted by molar-refractivity contribution is -0.151. The standard InChI is InChI=1S/C17H16N2O4/c20-13(9-6-10-4-2-1-3-5-10)18-19-16(21)14-11-7-8-12(23-11)15(14)17(19)22/h1-5,7-8,11-12,14-15H,6,9H2,(H,18,20)/t11-,12+,14+,15-. The van der Waals surface area contributed by atoms with Crippen molar-refractivity contribution < 1.29 is 19.1 Å². The summed E-state index contributed by atoms with van der Waals surface area (Å²) in [5, 5.41) is 0.887. The van der Waals surface area contributed by atoms with Gasteiger partial charge in [-0.15, -0.1) is 0 Å².